The zero-order valence-corrected chi connectivity index (χ0v) is 5.46. The summed E-state index contributed by atoms with van der Waals surface area (Å²) in [6.45, 7) is 1.33. The first kappa shape index (κ1) is 5.71. The molecule has 0 aliphatic carbocycles. The second-order valence-electron chi connectivity index (χ2n) is 2.21. The fourth-order valence-corrected chi connectivity index (χ4v) is 1.00. The Bertz CT molecular complexity index is 236. The van der Waals surface area contributed by atoms with Gasteiger partial charge in [-0.25, -0.2) is 0 Å². The summed E-state index contributed by atoms with van der Waals surface area (Å²) in [5.41, 5.74) is 1.17. The van der Waals surface area contributed by atoms with Crippen molar-refractivity contribution >= 4 is 5.87 Å². The summed E-state index contributed by atoms with van der Waals surface area (Å²) in [6, 6.07) is 0. The third kappa shape index (κ3) is 0.856. The van der Waals surface area contributed by atoms with Gasteiger partial charge in [-0.05, 0) is 11.6 Å². The zero-order chi connectivity index (χ0) is 6.81. The molecule has 0 aromatic heterocycles. The molecule has 0 saturated carbocycles. The monoisotopic (exact) mass is 137 g/mol. The van der Waals surface area contributed by atoms with Crippen LogP contribution in [-0.2, 0) is 9.57 Å². The second kappa shape index (κ2) is 2.29. The Hall–Kier alpha value is -1.05. The SMILES string of the molecule is C1=CC2=C(COCC2)ON=1. The predicted octanol–water partition coefficient (Wildman–Crippen LogP) is 0.832. The molecule has 0 N–H and O–H groups in total. The summed E-state index contributed by atoms with van der Waals surface area (Å²) in [5, 5.41) is 3.52. The average Bonchev–Trinajstić information content (AvgIpc) is 2.05. The van der Waals surface area contributed by atoms with Gasteiger partial charge in [0.1, 0.15) is 6.61 Å². The minimum atomic E-state index is 0.553. The molecule has 2 aliphatic rings. The molecule has 10 heavy (non-hydrogen) atoms. The lowest BCUT2D eigenvalue weighted by atomic mass is 10.1. The maximum Gasteiger partial charge on any atom is 0.165 e. The average molecular weight is 137 g/mol. The van der Waals surface area contributed by atoms with Crippen molar-refractivity contribution in [3.8, 4) is 0 Å². The Morgan fingerprint density at radius 3 is 3.50 bits per heavy atom. The van der Waals surface area contributed by atoms with E-state index in [-0.39, 0.29) is 0 Å². The molecule has 3 heteroatoms. The van der Waals surface area contributed by atoms with Crippen molar-refractivity contribution < 1.29 is 9.57 Å². The van der Waals surface area contributed by atoms with Crippen LogP contribution in [-0.4, -0.2) is 19.1 Å². The van der Waals surface area contributed by atoms with Crippen molar-refractivity contribution in [3.63, 3.8) is 0 Å². The number of ether oxygens (including phenoxy) is 1. The number of nitrogens with zero attached hydrogens (tertiary/aromatic N) is 1. The maximum absolute atomic E-state index is 5.15. The normalized spacial score (nSPS) is 22.4. The Labute approximate surface area is 58.6 Å². The highest BCUT2D eigenvalue weighted by atomic mass is 16.6. The fourth-order valence-electron chi connectivity index (χ4n) is 1.00. The first-order valence-electron chi connectivity index (χ1n) is 3.22. The third-order valence-corrected chi connectivity index (χ3v) is 1.55. The summed E-state index contributed by atoms with van der Waals surface area (Å²) >= 11 is 0. The molecule has 0 aromatic carbocycles. The van der Waals surface area contributed by atoms with Gasteiger partial charge in [0.05, 0.1) is 6.61 Å². The number of hydrogen-bond acceptors (Lipinski definition) is 3. The van der Waals surface area contributed by atoms with E-state index in [0.29, 0.717) is 6.61 Å². The molecular formula is C7H7NO2. The molecule has 0 radical (unpaired) electrons. The van der Waals surface area contributed by atoms with Gasteiger partial charge in [0.15, 0.2) is 5.76 Å². The van der Waals surface area contributed by atoms with Gasteiger partial charge in [0.2, 0.25) is 0 Å². The first-order valence-corrected chi connectivity index (χ1v) is 3.22. The molecule has 2 rings (SSSR count). The van der Waals surface area contributed by atoms with E-state index in [1.165, 1.54) is 5.57 Å². The summed E-state index contributed by atoms with van der Waals surface area (Å²) in [4.78, 5) is 4.92. The van der Waals surface area contributed by atoms with Gasteiger partial charge in [-0.3, -0.25) is 0 Å². The van der Waals surface area contributed by atoms with Gasteiger partial charge >= 0.3 is 0 Å². The maximum atomic E-state index is 5.15. The molecule has 2 aliphatic heterocycles. The van der Waals surface area contributed by atoms with E-state index >= 15 is 0 Å². The standard InChI is InChI=1S/C7H7NO2/c1-3-8-10-7-5-9-4-2-6(1)7/h1H,2,4-5H2. The molecule has 52 valence electrons. The van der Waals surface area contributed by atoms with Gasteiger partial charge in [-0.2, -0.15) is 0 Å². The van der Waals surface area contributed by atoms with Crippen molar-refractivity contribution in [1.82, 2.24) is 0 Å². The largest absolute Gasteiger partial charge is 0.373 e. The van der Waals surface area contributed by atoms with Crippen molar-refractivity contribution in [2.24, 2.45) is 5.16 Å². The van der Waals surface area contributed by atoms with Crippen LogP contribution in [0.1, 0.15) is 6.42 Å². The lowest BCUT2D eigenvalue weighted by Crippen LogP contribution is -2.12. The third-order valence-electron chi connectivity index (χ3n) is 1.55. The van der Waals surface area contributed by atoms with Crippen molar-refractivity contribution in [2.75, 3.05) is 13.2 Å². The molecule has 0 atom stereocenters. The van der Waals surface area contributed by atoms with Gasteiger partial charge in [0, 0.05) is 17.5 Å². The molecule has 0 amide bonds. The van der Waals surface area contributed by atoms with E-state index in [2.05, 4.69) is 11.0 Å². The van der Waals surface area contributed by atoms with Crippen LogP contribution in [0.3, 0.4) is 0 Å². The smallest absolute Gasteiger partial charge is 0.165 e. The van der Waals surface area contributed by atoms with Crippen LogP contribution < -0.4 is 0 Å². The minimum Gasteiger partial charge on any atom is -0.373 e. The van der Waals surface area contributed by atoms with Crippen LogP contribution in [0.15, 0.2) is 22.6 Å². The van der Waals surface area contributed by atoms with Crippen molar-refractivity contribution in [3.05, 3.63) is 17.4 Å². The molecule has 0 bridgehead atoms. The Morgan fingerprint density at radius 1 is 1.60 bits per heavy atom. The summed E-state index contributed by atoms with van der Waals surface area (Å²) in [5.74, 6) is 3.49. The number of allylic oxidation sites excluding steroid dienone is 1. The summed E-state index contributed by atoms with van der Waals surface area (Å²) in [6.07, 6.45) is 2.76. The van der Waals surface area contributed by atoms with Gasteiger partial charge < -0.3 is 9.57 Å². The first-order chi connectivity index (χ1) is 4.97. The molecule has 0 saturated heterocycles. The summed E-state index contributed by atoms with van der Waals surface area (Å²) in [7, 11) is 0. The lowest BCUT2D eigenvalue weighted by Gasteiger charge is -2.16. The second-order valence-corrected chi connectivity index (χ2v) is 2.21. The van der Waals surface area contributed by atoms with E-state index in [4.69, 9.17) is 9.57 Å². The Kier molecular flexibility index (Phi) is 1.31. The van der Waals surface area contributed by atoms with Gasteiger partial charge in [-0.15, -0.1) is 0 Å². The van der Waals surface area contributed by atoms with E-state index in [1.807, 2.05) is 6.08 Å². The predicted molar refractivity (Wildman–Crippen MR) is 35.6 cm³/mol. The highest BCUT2D eigenvalue weighted by Crippen LogP contribution is 2.18. The molecule has 0 fully saturated rings. The lowest BCUT2D eigenvalue weighted by molar-refractivity contribution is 0.0836. The quantitative estimate of drug-likeness (QED) is 0.495. The molecule has 3 nitrogen and oxygen atoms in total. The van der Waals surface area contributed by atoms with Crippen LogP contribution in [0.2, 0.25) is 0 Å². The minimum absolute atomic E-state index is 0.553. The van der Waals surface area contributed by atoms with E-state index < -0.39 is 0 Å². The molecule has 0 spiro atoms. The summed E-state index contributed by atoms with van der Waals surface area (Å²) < 4.78 is 5.15. The van der Waals surface area contributed by atoms with Crippen LogP contribution in [0.25, 0.3) is 0 Å². The number of rotatable bonds is 0. The Morgan fingerprint density at radius 2 is 2.60 bits per heavy atom. The van der Waals surface area contributed by atoms with Crippen LogP contribution >= 0.6 is 0 Å². The highest BCUT2D eigenvalue weighted by Gasteiger charge is 2.14. The van der Waals surface area contributed by atoms with Gasteiger partial charge in [0.25, 0.3) is 0 Å². The van der Waals surface area contributed by atoms with Gasteiger partial charge in [-0.1, -0.05) is 0 Å². The molecular weight excluding hydrogens is 130 g/mol. The Balaban J connectivity index is 2.30. The van der Waals surface area contributed by atoms with Crippen LogP contribution in [0.5, 0.6) is 0 Å². The molecule has 2 heterocycles. The van der Waals surface area contributed by atoms with E-state index in [1.54, 1.807) is 0 Å². The molecule has 0 aromatic rings. The number of hydrogen-bond donors (Lipinski definition) is 0. The van der Waals surface area contributed by atoms with Crippen molar-refractivity contribution in [2.45, 2.75) is 6.42 Å². The van der Waals surface area contributed by atoms with Crippen LogP contribution in [0, 0.1) is 0 Å². The molecule has 0 unspecified atom stereocenters. The van der Waals surface area contributed by atoms with Crippen LogP contribution in [0.4, 0.5) is 0 Å². The zero-order valence-electron chi connectivity index (χ0n) is 5.46. The van der Waals surface area contributed by atoms with E-state index in [0.717, 1.165) is 18.8 Å². The highest BCUT2D eigenvalue weighted by molar-refractivity contribution is 5.58. The van der Waals surface area contributed by atoms with E-state index in [9.17, 15) is 0 Å². The van der Waals surface area contributed by atoms with Crippen molar-refractivity contribution in [1.29, 1.82) is 0 Å². The topological polar surface area (TPSA) is 30.8 Å². The fraction of sp³-hybridized carbons (Fsp3) is 0.429.